The topological polar surface area (TPSA) is 117 Å². The van der Waals surface area contributed by atoms with Gasteiger partial charge in [0.1, 0.15) is 12.6 Å². The molecule has 0 aliphatic carbocycles. The maximum Gasteiger partial charge on any atom is 0.328 e. The second-order valence-electron chi connectivity index (χ2n) is 2.74. The molecule has 0 radical (unpaired) electrons. The highest BCUT2D eigenvalue weighted by molar-refractivity contribution is 5.83. The number of aliphatic hydroxyl groups excluding tert-OH is 1. The van der Waals surface area contributed by atoms with Gasteiger partial charge < -0.3 is 15.5 Å². The van der Waals surface area contributed by atoms with Crippen molar-refractivity contribution in [2.45, 2.75) is 12.6 Å². The number of hydrogen-bond acceptors (Lipinski definition) is 5. The van der Waals surface area contributed by atoms with Gasteiger partial charge in [0.25, 0.3) is 0 Å². The summed E-state index contributed by atoms with van der Waals surface area (Å²) in [4.78, 5) is 21.7. The van der Waals surface area contributed by atoms with Gasteiger partial charge >= 0.3 is 5.97 Å². The number of nitrogens with zero attached hydrogens (tertiary/aromatic N) is 3. The molecule has 15 heavy (non-hydrogen) atoms. The Kier molecular flexibility index (Phi) is 3.75. The van der Waals surface area contributed by atoms with Gasteiger partial charge in [0, 0.05) is 6.20 Å². The Morgan fingerprint density at radius 1 is 1.53 bits per heavy atom. The van der Waals surface area contributed by atoms with Gasteiger partial charge in [0.2, 0.25) is 5.91 Å². The fourth-order valence-corrected chi connectivity index (χ4v) is 0.890. The second kappa shape index (κ2) is 5.05. The minimum absolute atomic E-state index is 0.135. The summed E-state index contributed by atoms with van der Waals surface area (Å²) in [6, 6.07) is -1.29. The van der Waals surface area contributed by atoms with Crippen LogP contribution in [0.25, 0.3) is 0 Å². The summed E-state index contributed by atoms with van der Waals surface area (Å²) in [5.41, 5.74) is 0. The van der Waals surface area contributed by atoms with Crippen molar-refractivity contribution >= 4 is 11.9 Å². The van der Waals surface area contributed by atoms with Crippen LogP contribution in [-0.4, -0.2) is 49.7 Å². The average molecular weight is 214 g/mol. The van der Waals surface area contributed by atoms with Gasteiger partial charge in [-0.2, -0.15) is 0 Å². The molecule has 0 spiro atoms. The van der Waals surface area contributed by atoms with Crippen LogP contribution in [-0.2, 0) is 16.1 Å². The number of aromatic nitrogens is 3. The molecule has 0 aromatic carbocycles. The van der Waals surface area contributed by atoms with Gasteiger partial charge in [-0.3, -0.25) is 4.79 Å². The van der Waals surface area contributed by atoms with Crippen LogP contribution in [0.1, 0.15) is 0 Å². The zero-order valence-electron chi connectivity index (χ0n) is 7.70. The van der Waals surface area contributed by atoms with Gasteiger partial charge in [-0.1, -0.05) is 5.21 Å². The lowest BCUT2D eigenvalue weighted by Crippen LogP contribution is -2.44. The van der Waals surface area contributed by atoms with Crippen molar-refractivity contribution in [3.63, 3.8) is 0 Å². The van der Waals surface area contributed by atoms with E-state index >= 15 is 0 Å². The number of carbonyl (C=O) groups is 2. The molecule has 8 nitrogen and oxygen atoms in total. The average Bonchev–Trinajstić information content (AvgIpc) is 2.66. The van der Waals surface area contributed by atoms with Crippen LogP contribution in [0.5, 0.6) is 0 Å². The molecule has 1 heterocycles. The quantitative estimate of drug-likeness (QED) is 0.514. The molecule has 0 bridgehead atoms. The van der Waals surface area contributed by atoms with Crippen LogP contribution in [0.2, 0.25) is 0 Å². The molecule has 3 N–H and O–H groups in total. The third-order valence-electron chi connectivity index (χ3n) is 1.59. The minimum Gasteiger partial charge on any atom is -0.480 e. The number of carboxylic acid groups (broad SMARTS) is 1. The highest BCUT2D eigenvalue weighted by atomic mass is 16.4. The fourth-order valence-electron chi connectivity index (χ4n) is 0.890. The first-order chi connectivity index (χ1) is 7.13. The number of rotatable bonds is 5. The number of carboxylic acids is 1. The zero-order valence-corrected chi connectivity index (χ0v) is 7.70. The summed E-state index contributed by atoms with van der Waals surface area (Å²) < 4.78 is 1.24. The van der Waals surface area contributed by atoms with Crippen molar-refractivity contribution in [3.8, 4) is 0 Å². The van der Waals surface area contributed by atoms with Crippen LogP contribution >= 0.6 is 0 Å². The molecule has 1 atom stereocenters. The lowest BCUT2D eigenvalue weighted by molar-refractivity contribution is -0.143. The fraction of sp³-hybridized carbons (Fsp3) is 0.429. The molecule has 1 unspecified atom stereocenters. The number of hydrogen-bond donors (Lipinski definition) is 3. The third kappa shape index (κ3) is 3.35. The maximum atomic E-state index is 11.2. The van der Waals surface area contributed by atoms with Crippen molar-refractivity contribution in [1.29, 1.82) is 0 Å². The van der Waals surface area contributed by atoms with E-state index in [0.717, 1.165) is 0 Å². The van der Waals surface area contributed by atoms with E-state index in [1.807, 2.05) is 0 Å². The van der Waals surface area contributed by atoms with E-state index in [1.165, 1.54) is 17.1 Å². The summed E-state index contributed by atoms with van der Waals surface area (Å²) in [6.45, 7) is -0.789. The normalized spacial score (nSPS) is 12.1. The van der Waals surface area contributed by atoms with Gasteiger partial charge in [0.05, 0.1) is 12.8 Å². The molecule has 0 aliphatic heterocycles. The van der Waals surface area contributed by atoms with E-state index in [2.05, 4.69) is 15.6 Å². The van der Waals surface area contributed by atoms with E-state index in [-0.39, 0.29) is 6.54 Å². The predicted octanol–water partition coefficient (Wildman–Crippen LogP) is -2.16. The third-order valence-corrected chi connectivity index (χ3v) is 1.59. The van der Waals surface area contributed by atoms with Crippen LogP contribution in [0.15, 0.2) is 12.4 Å². The largest absolute Gasteiger partial charge is 0.480 e. The number of amides is 1. The van der Waals surface area contributed by atoms with Gasteiger partial charge in [-0.25, -0.2) is 9.48 Å². The molecule has 1 amide bonds. The highest BCUT2D eigenvalue weighted by Crippen LogP contribution is 1.86. The Morgan fingerprint density at radius 2 is 2.27 bits per heavy atom. The van der Waals surface area contributed by atoms with E-state index in [9.17, 15) is 9.59 Å². The second-order valence-corrected chi connectivity index (χ2v) is 2.74. The highest BCUT2D eigenvalue weighted by Gasteiger charge is 2.18. The Labute approximate surface area is 84.5 Å². The SMILES string of the molecule is O=C(Cn1ccnn1)NC(CO)C(=O)O. The van der Waals surface area contributed by atoms with Crippen LogP contribution in [0.3, 0.4) is 0 Å². The number of carbonyl (C=O) groups excluding carboxylic acids is 1. The summed E-state index contributed by atoms with van der Waals surface area (Å²) in [5, 5.41) is 26.3. The van der Waals surface area contributed by atoms with Crippen LogP contribution in [0, 0.1) is 0 Å². The van der Waals surface area contributed by atoms with Crippen molar-refractivity contribution in [2.75, 3.05) is 6.61 Å². The molecule has 1 aromatic rings. The minimum atomic E-state index is -1.29. The molecule has 0 aliphatic rings. The van der Waals surface area contributed by atoms with Crippen molar-refractivity contribution in [3.05, 3.63) is 12.4 Å². The molecule has 0 fully saturated rings. The van der Waals surface area contributed by atoms with Crippen molar-refractivity contribution in [1.82, 2.24) is 20.3 Å². The molecule has 0 saturated heterocycles. The summed E-state index contributed by atoms with van der Waals surface area (Å²) in [6.07, 6.45) is 2.86. The lowest BCUT2D eigenvalue weighted by atomic mass is 10.3. The van der Waals surface area contributed by atoms with Gasteiger partial charge in [0.15, 0.2) is 0 Å². The Bertz CT molecular complexity index is 337. The van der Waals surface area contributed by atoms with Crippen LogP contribution < -0.4 is 5.32 Å². The number of nitrogens with one attached hydrogen (secondary N) is 1. The Hall–Kier alpha value is -1.96. The summed E-state index contributed by atoms with van der Waals surface area (Å²) in [5.74, 6) is -1.84. The predicted molar refractivity (Wildman–Crippen MR) is 46.7 cm³/mol. The van der Waals surface area contributed by atoms with E-state index in [0.29, 0.717) is 0 Å². The molecule has 1 rings (SSSR count). The summed E-state index contributed by atoms with van der Waals surface area (Å²) >= 11 is 0. The molecular weight excluding hydrogens is 204 g/mol. The standard InChI is InChI=1S/C7H10N4O4/c12-4-5(7(14)15)9-6(13)3-11-2-1-8-10-11/h1-2,5,12H,3-4H2,(H,9,13)(H,14,15). The van der Waals surface area contributed by atoms with Crippen LogP contribution in [0.4, 0.5) is 0 Å². The maximum absolute atomic E-state index is 11.2. The lowest BCUT2D eigenvalue weighted by Gasteiger charge is -2.10. The molecule has 82 valence electrons. The number of aliphatic carboxylic acids is 1. The van der Waals surface area contributed by atoms with Crippen molar-refractivity contribution in [2.24, 2.45) is 0 Å². The first-order valence-corrected chi connectivity index (χ1v) is 4.10. The van der Waals surface area contributed by atoms with Gasteiger partial charge in [-0.15, -0.1) is 5.10 Å². The number of aliphatic hydroxyl groups is 1. The zero-order chi connectivity index (χ0) is 11.3. The molecule has 1 aromatic heterocycles. The first-order valence-electron chi connectivity index (χ1n) is 4.10. The monoisotopic (exact) mass is 214 g/mol. The molecule has 0 saturated carbocycles. The smallest absolute Gasteiger partial charge is 0.328 e. The first kappa shape index (κ1) is 11.1. The Morgan fingerprint density at radius 3 is 2.73 bits per heavy atom. The van der Waals surface area contributed by atoms with Gasteiger partial charge in [-0.05, 0) is 0 Å². The summed E-state index contributed by atoms with van der Waals surface area (Å²) in [7, 11) is 0. The molecule has 8 heteroatoms. The van der Waals surface area contributed by atoms with Crippen molar-refractivity contribution < 1.29 is 19.8 Å². The van der Waals surface area contributed by atoms with E-state index in [1.54, 1.807) is 0 Å². The Balaban J connectivity index is 2.45. The molecular formula is C7H10N4O4. The van der Waals surface area contributed by atoms with E-state index in [4.69, 9.17) is 10.2 Å². The van der Waals surface area contributed by atoms with E-state index < -0.39 is 24.5 Å².